The van der Waals surface area contributed by atoms with Crippen molar-refractivity contribution in [2.75, 3.05) is 19.7 Å². The van der Waals surface area contributed by atoms with Crippen molar-refractivity contribution in [1.82, 2.24) is 29.5 Å². The van der Waals surface area contributed by atoms with Crippen molar-refractivity contribution in [3.63, 3.8) is 0 Å². The average molecular weight is 332 g/mol. The molecule has 0 aliphatic carbocycles. The number of aryl methyl sites for hydroxylation is 1. The lowest BCUT2D eigenvalue weighted by Crippen LogP contribution is -2.38. The molecule has 122 valence electrons. The van der Waals surface area contributed by atoms with E-state index in [1.807, 2.05) is 11.6 Å². The van der Waals surface area contributed by atoms with E-state index in [0.717, 1.165) is 54.8 Å². The maximum Gasteiger partial charge on any atom is 0.193 e. The maximum absolute atomic E-state index is 5.86. The zero-order valence-electron chi connectivity index (χ0n) is 13.1. The number of rotatable bonds is 5. The number of aromatic amines is 1. The van der Waals surface area contributed by atoms with Crippen LogP contribution >= 0.6 is 11.3 Å². The van der Waals surface area contributed by atoms with Gasteiger partial charge in [-0.15, -0.1) is 11.3 Å². The number of hydrogen-bond acceptors (Lipinski definition) is 6. The lowest BCUT2D eigenvalue weighted by Gasteiger charge is -2.30. The fourth-order valence-electron chi connectivity index (χ4n) is 2.89. The summed E-state index contributed by atoms with van der Waals surface area (Å²) in [6, 6.07) is 0. The highest BCUT2D eigenvalue weighted by molar-refractivity contribution is 7.15. The van der Waals surface area contributed by atoms with Crippen LogP contribution in [0.5, 0.6) is 0 Å². The summed E-state index contributed by atoms with van der Waals surface area (Å²) in [7, 11) is 0. The molecule has 8 heteroatoms. The zero-order chi connectivity index (χ0) is 15.6. The third-order valence-corrected chi connectivity index (χ3v) is 4.77. The Balaban J connectivity index is 1.42. The van der Waals surface area contributed by atoms with E-state index in [4.69, 9.17) is 4.74 Å². The van der Waals surface area contributed by atoms with Crippen molar-refractivity contribution in [2.24, 2.45) is 0 Å². The molecule has 3 aromatic rings. The summed E-state index contributed by atoms with van der Waals surface area (Å²) in [6.07, 6.45) is 6.07. The molecule has 0 radical (unpaired) electrons. The van der Waals surface area contributed by atoms with Gasteiger partial charge in [0.1, 0.15) is 11.9 Å². The molecule has 1 aliphatic rings. The van der Waals surface area contributed by atoms with Crippen LogP contribution in [-0.4, -0.2) is 49.2 Å². The van der Waals surface area contributed by atoms with Gasteiger partial charge in [0.15, 0.2) is 10.8 Å². The molecule has 1 saturated heterocycles. The van der Waals surface area contributed by atoms with Crippen LogP contribution in [0.2, 0.25) is 0 Å². The van der Waals surface area contributed by atoms with Crippen molar-refractivity contribution in [3.8, 4) is 0 Å². The van der Waals surface area contributed by atoms with Gasteiger partial charge < -0.3 is 4.74 Å². The van der Waals surface area contributed by atoms with Gasteiger partial charge in [0.2, 0.25) is 0 Å². The lowest BCUT2D eigenvalue weighted by molar-refractivity contribution is -0.0373. The molecule has 23 heavy (non-hydrogen) atoms. The van der Waals surface area contributed by atoms with Crippen molar-refractivity contribution < 1.29 is 4.74 Å². The highest BCUT2D eigenvalue weighted by Crippen LogP contribution is 2.21. The summed E-state index contributed by atoms with van der Waals surface area (Å²) < 4.78 is 7.93. The Morgan fingerprint density at radius 2 is 2.39 bits per heavy atom. The molecule has 7 nitrogen and oxygen atoms in total. The van der Waals surface area contributed by atoms with Crippen LogP contribution in [0.4, 0.5) is 0 Å². The molecule has 4 heterocycles. The normalized spacial score (nSPS) is 19.6. The number of ether oxygens (including phenoxy) is 1. The molecule has 0 aromatic carbocycles. The third kappa shape index (κ3) is 3.15. The van der Waals surface area contributed by atoms with Gasteiger partial charge in [-0.3, -0.25) is 14.4 Å². The zero-order valence-corrected chi connectivity index (χ0v) is 13.9. The Morgan fingerprint density at radius 3 is 3.26 bits per heavy atom. The monoisotopic (exact) mass is 332 g/mol. The summed E-state index contributed by atoms with van der Waals surface area (Å²) in [6.45, 7) is 5.38. The minimum Gasteiger partial charge on any atom is -0.367 e. The van der Waals surface area contributed by atoms with Crippen LogP contribution in [-0.2, 0) is 17.7 Å². The smallest absolute Gasteiger partial charge is 0.193 e. The van der Waals surface area contributed by atoms with E-state index in [9.17, 15) is 0 Å². The molecule has 0 bridgehead atoms. The van der Waals surface area contributed by atoms with Gasteiger partial charge in [-0.25, -0.2) is 9.97 Å². The number of thiazole rings is 1. The quantitative estimate of drug-likeness (QED) is 0.774. The number of hydrogen-bond donors (Lipinski definition) is 1. The summed E-state index contributed by atoms with van der Waals surface area (Å²) in [4.78, 5) is 12.6. The first-order valence-electron chi connectivity index (χ1n) is 7.98. The molecule has 4 rings (SSSR count). The number of aromatic nitrogens is 5. The molecule has 1 unspecified atom stereocenters. The molecule has 3 aromatic heterocycles. The summed E-state index contributed by atoms with van der Waals surface area (Å²) in [5, 5.41) is 9.38. The second kappa shape index (κ2) is 6.38. The largest absolute Gasteiger partial charge is 0.367 e. The van der Waals surface area contributed by atoms with Crippen molar-refractivity contribution in [2.45, 2.75) is 32.4 Å². The van der Waals surface area contributed by atoms with Crippen LogP contribution in [0.1, 0.15) is 36.8 Å². The highest BCUT2D eigenvalue weighted by Gasteiger charge is 2.25. The molecule has 1 atom stereocenters. The lowest BCUT2D eigenvalue weighted by atomic mass is 10.2. The molecule has 0 spiro atoms. The van der Waals surface area contributed by atoms with E-state index in [1.165, 1.54) is 0 Å². The molecule has 0 amide bonds. The minimum absolute atomic E-state index is 0.0608. The van der Waals surface area contributed by atoms with E-state index >= 15 is 0 Å². The van der Waals surface area contributed by atoms with Gasteiger partial charge in [-0.1, -0.05) is 6.92 Å². The number of nitrogens with one attached hydrogen (secondary N) is 1. The average Bonchev–Trinajstić information content (AvgIpc) is 3.24. The van der Waals surface area contributed by atoms with Gasteiger partial charge >= 0.3 is 0 Å². The first kappa shape index (κ1) is 14.8. The topological polar surface area (TPSA) is 71.3 Å². The standard InChI is InChI=1S/C15H20N6OS/c1-2-3-13-17-14(19-18-13)12-10-20(4-6-22-12)8-11-9-21-5-7-23-15(21)16-11/h5,7,9,12H,2-4,6,8,10H2,1H3,(H,17,18,19). The Labute approximate surface area is 138 Å². The second-order valence-electron chi connectivity index (χ2n) is 5.81. The predicted molar refractivity (Wildman–Crippen MR) is 87.4 cm³/mol. The maximum atomic E-state index is 5.86. The minimum atomic E-state index is -0.0608. The van der Waals surface area contributed by atoms with Crippen LogP contribution < -0.4 is 0 Å². The van der Waals surface area contributed by atoms with Crippen molar-refractivity contribution in [3.05, 3.63) is 35.1 Å². The number of imidazole rings is 1. The van der Waals surface area contributed by atoms with Crippen LogP contribution in [0, 0.1) is 0 Å². The molecular weight excluding hydrogens is 312 g/mol. The van der Waals surface area contributed by atoms with Crippen molar-refractivity contribution in [1.29, 1.82) is 0 Å². The summed E-state index contributed by atoms with van der Waals surface area (Å²) in [5.74, 6) is 1.71. The number of nitrogens with zero attached hydrogens (tertiary/aromatic N) is 5. The van der Waals surface area contributed by atoms with E-state index in [-0.39, 0.29) is 6.10 Å². The fraction of sp³-hybridized carbons (Fsp3) is 0.533. The molecule has 1 fully saturated rings. The van der Waals surface area contributed by atoms with Gasteiger partial charge in [0.25, 0.3) is 0 Å². The van der Waals surface area contributed by atoms with Crippen LogP contribution in [0.15, 0.2) is 17.8 Å². The number of H-pyrrole nitrogens is 1. The van der Waals surface area contributed by atoms with E-state index in [0.29, 0.717) is 6.61 Å². The van der Waals surface area contributed by atoms with Gasteiger partial charge in [-0.05, 0) is 6.42 Å². The second-order valence-corrected chi connectivity index (χ2v) is 6.68. The van der Waals surface area contributed by atoms with Crippen LogP contribution in [0.25, 0.3) is 4.96 Å². The van der Waals surface area contributed by atoms with E-state index in [1.54, 1.807) is 11.3 Å². The number of morpholine rings is 1. The van der Waals surface area contributed by atoms with E-state index < -0.39 is 0 Å². The first-order chi connectivity index (χ1) is 11.3. The third-order valence-electron chi connectivity index (χ3n) is 4.00. The van der Waals surface area contributed by atoms with Gasteiger partial charge in [0, 0.05) is 43.8 Å². The Bertz CT molecular complexity index is 749. The highest BCUT2D eigenvalue weighted by atomic mass is 32.1. The molecular formula is C15H20N6OS. The van der Waals surface area contributed by atoms with Crippen molar-refractivity contribution >= 4 is 16.3 Å². The Hall–Kier alpha value is -1.77. The molecule has 1 aliphatic heterocycles. The SMILES string of the molecule is CCCc1nc(C2CN(Cc3cn4ccsc4n3)CCO2)n[nH]1. The Morgan fingerprint density at radius 1 is 1.43 bits per heavy atom. The van der Waals surface area contributed by atoms with Gasteiger partial charge in [0.05, 0.1) is 12.3 Å². The van der Waals surface area contributed by atoms with E-state index in [2.05, 4.69) is 42.6 Å². The summed E-state index contributed by atoms with van der Waals surface area (Å²) in [5.41, 5.74) is 1.10. The van der Waals surface area contributed by atoms with Crippen LogP contribution in [0.3, 0.4) is 0 Å². The first-order valence-corrected chi connectivity index (χ1v) is 8.86. The molecule has 0 saturated carbocycles. The Kier molecular flexibility index (Phi) is 4.11. The predicted octanol–water partition coefficient (Wildman–Crippen LogP) is 2.04. The number of fused-ring (bicyclic) bond motifs is 1. The molecule has 1 N–H and O–H groups in total. The fourth-order valence-corrected chi connectivity index (χ4v) is 3.61. The van der Waals surface area contributed by atoms with Gasteiger partial charge in [-0.2, -0.15) is 5.10 Å². The summed E-state index contributed by atoms with van der Waals surface area (Å²) >= 11 is 1.66.